The van der Waals surface area contributed by atoms with Crippen molar-refractivity contribution in [3.8, 4) is 5.69 Å². The van der Waals surface area contributed by atoms with Gasteiger partial charge in [0, 0.05) is 6.04 Å². The van der Waals surface area contributed by atoms with Crippen molar-refractivity contribution in [2.45, 2.75) is 19.5 Å². The van der Waals surface area contributed by atoms with Crippen molar-refractivity contribution in [1.82, 2.24) is 25.1 Å². The van der Waals surface area contributed by atoms with Crippen LogP contribution in [-0.2, 0) is 6.54 Å². The second-order valence-corrected chi connectivity index (χ2v) is 5.49. The minimum Gasteiger partial charge on any atom is -0.292 e. The first kappa shape index (κ1) is 15.3. The van der Waals surface area contributed by atoms with Crippen LogP contribution >= 0.6 is 0 Å². The number of hydrogen-bond acceptors (Lipinski definition) is 4. The topological polar surface area (TPSA) is 46.8 Å². The van der Waals surface area contributed by atoms with Gasteiger partial charge in [-0.05, 0) is 54.2 Å². The van der Waals surface area contributed by atoms with Crippen molar-refractivity contribution >= 4 is 0 Å². The maximum absolute atomic E-state index is 13.1. The fourth-order valence-electron chi connectivity index (χ4n) is 2.43. The molecule has 0 N–H and O–H groups in total. The Labute approximate surface area is 134 Å². The highest BCUT2D eigenvalue weighted by Crippen LogP contribution is 2.21. The Morgan fingerprint density at radius 1 is 1.09 bits per heavy atom. The maximum Gasteiger partial charge on any atom is 0.170 e. The summed E-state index contributed by atoms with van der Waals surface area (Å²) in [6.45, 7) is 2.66. The fraction of sp³-hybridized carbons (Fsp3) is 0.235. The zero-order valence-corrected chi connectivity index (χ0v) is 13.1. The number of halogens is 1. The van der Waals surface area contributed by atoms with E-state index in [-0.39, 0.29) is 11.9 Å². The smallest absolute Gasteiger partial charge is 0.170 e. The molecular formula is C17H18FN5. The van der Waals surface area contributed by atoms with Crippen LogP contribution in [0.1, 0.15) is 24.4 Å². The van der Waals surface area contributed by atoms with Crippen LogP contribution in [-0.4, -0.2) is 32.2 Å². The van der Waals surface area contributed by atoms with Gasteiger partial charge in [-0.25, -0.2) is 4.39 Å². The number of benzene rings is 2. The first-order valence-corrected chi connectivity index (χ1v) is 7.43. The van der Waals surface area contributed by atoms with E-state index in [1.165, 1.54) is 12.1 Å². The molecule has 0 aliphatic carbocycles. The molecule has 6 heteroatoms. The van der Waals surface area contributed by atoms with Crippen LogP contribution in [0.25, 0.3) is 5.69 Å². The summed E-state index contributed by atoms with van der Waals surface area (Å²) in [7, 11) is 2.00. The van der Waals surface area contributed by atoms with Gasteiger partial charge in [-0.15, -0.1) is 5.10 Å². The van der Waals surface area contributed by atoms with Gasteiger partial charge in [0.05, 0.1) is 12.2 Å². The second-order valence-electron chi connectivity index (χ2n) is 5.49. The quantitative estimate of drug-likeness (QED) is 0.727. The molecule has 0 aliphatic heterocycles. The Hall–Kier alpha value is -2.60. The van der Waals surface area contributed by atoms with E-state index in [0.29, 0.717) is 6.54 Å². The Bertz CT molecular complexity index is 754. The van der Waals surface area contributed by atoms with E-state index in [1.54, 1.807) is 16.8 Å². The molecule has 0 bridgehead atoms. The third kappa shape index (κ3) is 3.43. The molecule has 1 unspecified atom stereocenters. The molecule has 0 aliphatic rings. The first-order chi connectivity index (χ1) is 11.1. The van der Waals surface area contributed by atoms with Gasteiger partial charge < -0.3 is 0 Å². The lowest BCUT2D eigenvalue weighted by Crippen LogP contribution is -2.24. The molecule has 1 heterocycles. The molecular weight excluding hydrogens is 293 g/mol. The van der Waals surface area contributed by atoms with Crippen molar-refractivity contribution in [3.63, 3.8) is 0 Å². The van der Waals surface area contributed by atoms with Crippen LogP contribution in [0, 0.1) is 5.82 Å². The molecule has 2 aromatic carbocycles. The lowest BCUT2D eigenvalue weighted by molar-refractivity contribution is 0.244. The predicted octanol–water partition coefficient (Wildman–Crippen LogP) is 2.99. The molecule has 5 nitrogen and oxygen atoms in total. The van der Waals surface area contributed by atoms with E-state index >= 15 is 0 Å². The van der Waals surface area contributed by atoms with E-state index in [4.69, 9.17) is 0 Å². The summed E-state index contributed by atoms with van der Waals surface area (Å²) in [5.74, 6) is 0.532. The van der Waals surface area contributed by atoms with E-state index in [2.05, 4.69) is 27.3 Å². The molecule has 0 amide bonds. The van der Waals surface area contributed by atoms with Gasteiger partial charge in [-0.3, -0.25) is 4.90 Å². The summed E-state index contributed by atoms with van der Waals surface area (Å²) in [5.41, 5.74) is 1.97. The lowest BCUT2D eigenvalue weighted by atomic mass is 10.1. The Kier molecular flexibility index (Phi) is 4.43. The van der Waals surface area contributed by atoms with Crippen molar-refractivity contribution < 1.29 is 4.39 Å². The Morgan fingerprint density at radius 2 is 1.78 bits per heavy atom. The van der Waals surface area contributed by atoms with Gasteiger partial charge in [0.25, 0.3) is 0 Å². The summed E-state index contributed by atoms with van der Waals surface area (Å²) in [6, 6.07) is 16.5. The molecule has 0 saturated carbocycles. The number of rotatable bonds is 5. The third-order valence-electron chi connectivity index (χ3n) is 3.94. The summed E-state index contributed by atoms with van der Waals surface area (Å²) < 4.78 is 14.8. The number of aromatic nitrogens is 4. The molecule has 0 radical (unpaired) electrons. The molecule has 0 saturated heterocycles. The van der Waals surface area contributed by atoms with Crippen LogP contribution in [0.2, 0.25) is 0 Å². The zero-order valence-electron chi connectivity index (χ0n) is 13.1. The first-order valence-electron chi connectivity index (χ1n) is 7.43. The lowest BCUT2D eigenvalue weighted by Gasteiger charge is -2.24. The maximum atomic E-state index is 13.1. The van der Waals surface area contributed by atoms with Crippen LogP contribution in [0.4, 0.5) is 4.39 Å². The normalized spacial score (nSPS) is 12.5. The third-order valence-corrected chi connectivity index (χ3v) is 3.94. The Balaban J connectivity index is 1.77. The number of nitrogens with zero attached hydrogens (tertiary/aromatic N) is 5. The SMILES string of the molecule is CC(c1ccc(F)cc1)N(C)Cc1nnnn1-c1ccccc1. The van der Waals surface area contributed by atoms with Crippen LogP contribution in [0.3, 0.4) is 0 Å². The second kappa shape index (κ2) is 6.66. The number of para-hydroxylation sites is 1. The summed E-state index contributed by atoms with van der Waals surface area (Å²) in [6.07, 6.45) is 0. The average molecular weight is 311 g/mol. The van der Waals surface area contributed by atoms with Gasteiger partial charge in [0.1, 0.15) is 5.82 Å². The van der Waals surface area contributed by atoms with E-state index in [9.17, 15) is 4.39 Å². The van der Waals surface area contributed by atoms with Gasteiger partial charge >= 0.3 is 0 Å². The molecule has 1 aromatic heterocycles. The molecule has 0 spiro atoms. The molecule has 3 aromatic rings. The Morgan fingerprint density at radius 3 is 2.48 bits per heavy atom. The minimum absolute atomic E-state index is 0.122. The largest absolute Gasteiger partial charge is 0.292 e. The predicted molar refractivity (Wildman–Crippen MR) is 85.4 cm³/mol. The van der Waals surface area contributed by atoms with Gasteiger partial charge in [-0.1, -0.05) is 30.3 Å². The zero-order chi connectivity index (χ0) is 16.2. The molecule has 3 rings (SSSR count). The highest BCUT2D eigenvalue weighted by atomic mass is 19.1. The molecule has 118 valence electrons. The van der Waals surface area contributed by atoms with Crippen molar-refractivity contribution in [1.29, 1.82) is 0 Å². The van der Waals surface area contributed by atoms with E-state index in [1.807, 2.05) is 37.4 Å². The fourth-order valence-corrected chi connectivity index (χ4v) is 2.43. The highest BCUT2D eigenvalue weighted by molar-refractivity contribution is 5.30. The van der Waals surface area contributed by atoms with Crippen LogP contribution in [0.15, 0.2) is 54.6 Å². The van der Waals surface area contributed by atoms with Crippen LogP contribution < -0.4 is 0 Å². The number of hydrogen-bond donors (Lipinski definition) is 0. The average Bonchev–Trinajstić information content (AvgIpc) is 3.04. The van der Waals surface area contributed by atoms with Crippen LogP contribution in [0.5, 0.6) is 0 Å². The standard InChI is InChI=1S/C17H18FN5/c1-13(14-8-10-15(18)11-9-14)22(2)12-17-19-20-21-23(17)16-6-4-3-5-7-16/h3-11,13H,12H2,1-2H3. The molecule has 0 fully saturated rings. The van der Waals surface area contributed by atoms with Crippen molar-refractivity contribution in [3.05, 3.63) is 71.8 Å². The summed E-state index contributed by atoms with van der Waals surface area (Å²) in [4.78, 5) is 2.12. The summed E-state index contributed by atoms with van der Waals surface area (Å²) >= 11 is 0. The minimum atomic E-state index is -0.225. The van der Waals surface area contributed by atoms with Gasteiger partial charge in [0.2, 0.25) is 0 Å². The molecule has 1 atom stereocenters. The van der Waals surface area contributed by atoms with Gasteiger partial charge in [0.15, 0.2) is 5.82 Å². The highest BCUT2D eigenvalue weighted by Gasteiger charge is 2.16. The molecule has 23 heavy (non-hydrogen) atoms. The monoisotopic (exact) mass is 311 g/mol. The summed E-state index contributed by atoms with van der Waals surface area (Å²) in [5, 5.41) is 12.0. The van der Waals surface area contributed by atoms with Gasteiger partial charge in [-0.2, -0.15) is 4.68 Å². The van der Waals surface area contributed by atoms with Crippen molar-refractivity contribution in [2.24, 2.45) is 0 Å². The van der Waals surface area contributed by atoms with E-state index < -0.39 is 0 Å². The number of tetrazole rings is 1. The van der Waals surface area contributed by atoms with E-state index in [0.717, 1.165) is 17.1 Å². The van der Waals surface area contributed by atoms with Crippen molar-refractivity contribution in [2.75, 3.05) is 7.05 Å².